The number of benzene rings is 1. The highest BCUT2D eigenvalue weighted by Crippen LogP contribution is 2.17. The Hall–Kier alpha value is -2.21. The van der Waals surface area contributed by atoms with Gasteiger partial charge in [-0.3, -0.25) is 9.59 Å². The fourth-order valence-electron chi connectivity index (χ4n) is 3.30. The van der Waals surface area contributed by atoms with E-state index in [4.69, 9.17) is 4.74 Å². The number of piperidine rings is 1. The predicted octanol–water partition coefficient (Wildman–Crippen LogP) is 1.50. The van der Waals surface area contributed by atoms with E-state index in [9.17, 15) is 9.59 Å². The van der Waals surface area contributed by atoms with Crippen molar-refractivity contribution in [1.82, 2.24) is 14.7 Å². The number of hydrogen-bond acceptors (Lipinski definition) is 4. The predicted molar refractivity (Wildman–Crippen MR) is 91.9 cm³/mol. The van der Waals surface area contributed by atoms with Crippen LogP contribution in [0.1, 0.15) is 25.5 Å². The van der Waals surface area contributed by atoms with E-state index in [0.29, 0.717) is 24.2 Å². The maximum absolute atomic E-state index is 12.7. The Labute approximate surface area is 141 Å². The van der Waals surface area contributed by atoms with Gasteiger partial charge in [0.2, 0.25) is 5.91 Å². The van der Waals surface area contributed by atoms with Crippen LogP contribution in [-0.4, -0.2) is 46.4 Å². The summed E-state index contributed by atoms with van der Waals surface area (Å²) in [7, 11) is 1.62. The summed E-state index contributed by atoms with van der Waals surface area (Å²) >= 11 is 0. The van der Waals surface area contributed by atoms with Crippen molar-refractivity contribution in [2.24, 2.45) is 7.05 Å². The lowest BCUT2D eigenvalue weighted by atomic mass is 10.1. The van der Waals surface area contributed by atoms with Crippen molar-refractivity contribution in [3.8, 4) is 0 Å². The van der Waals surface area contributed by atoms with Gasteiger partial charge in [0.25, 0.3) is 5.56 Å². The molecule has 0 radical (unpaired) electrons. The molecule has 6 nitrogen and oxygen atoms in total. The van der Waals surface area contributed by atoms with Crippen molar-refractivity contribution >= 4 is 16.7 Å². The highest BCUT2D eigenvalue weighted by atomic mass is 16.5. The molecule has 2 heterocycles. The summed E-state index contributed by atoms with van der Waals surface area (Å²) in [5.41, 5.74) is 0.507. The van der Waals surface area contributed by atoms with Crippen LogP contribution in [0.2, 0.25) is 0 Å². The largest absolute Gasteiger partial charge is 0.377 e. The molecule has 1 atom stereocenters. The highest BCUT2D eigenvalue weighted by molar-refractivity contribution is 5.88. The lowest BCUT2D eigenvalue weighted by Gasteiger charge is -2.32. The second kappa shape index (κ2) is 7.13. The highest BCUT2D eigenvalue weighted by Gasteiger charge is 2.24. The number of nitrogens with zero attached hydrogens (tertiary/aromatic N) is 3. The fourth-order valence-corrected chi connectivity index (χ4v) is 3.30. The first-order chi connectivity index (χ1) is 11.6. The number of hydrogen-bond donors (Lipinski definition) is 0. The first kappa shape index (κ1) is 16.6. The third-order valence-electron chi connectivity index (χ3n) is 4.48. The summed E-state index contributed by atoms with van der Waals surface area (Å²) in [6.07, 6.45) is 2.28. The van der Waals surface area contributed by atoms with Gasteiger partial charge in [0.15, 0.2) is 0 Å². The van der Waals surface area contributed by atoms with E-state index in [0.717, 1.165) is 24.8 Å². The zero-order valence-corrected chi connectivity index (χ0v) is 14.2. The van der Waals surface area contributed by atoms with Gasteiger partial charge >= 0.3 is 0 Å². The third-order valence-corrected chi connectivity index (χ3v) is 4.48. The van der Waals surface area contributed by atoms with Crippen LogP contribution in [0.4, 0.5) is 0 Å². The van der Waals surface area contributed by atoms with E-state index in [2.05, 4.69) is 5.10 Å². The SMILES string of the molecule is CCOC1CCCN(C(=O)Cc2nn(C)c(=O)c3ccccc23)C1. The molecule has 2 aromatic rings. The zero-order chi connectivity index (χ0) is 17.1. The van der Waals surface area contributed by atoms with Gasteiger partial charge in [-0.25, -0.2) is 4.68 Å². The molecule has 1 aromatic carbocycles. The van der Waals surface area contributed by atoms with Gasteiger partial charge in [0.05, 0.1) is 23.6 Å². The lowest BCUT2D eigenvalue weighted by molar-refractivity contribution is -0.134. The molecule has 128 valence electrons. The number of carbonyl (C=O) groups is 1. The molecule has 3 rings (SSSR count). The summed E-state index contributed by atoms with van der Waals surface area (Å²) in [5.74, 6) is 0.0377. The Kier molecular flexibility index (Phi) is 4.94. The first-order valence-electron chi connectivity index (χ1n) is 8.44. The lowest BCUT2D eigenvalue weighted by Crippen LogP contribution is -2.44. The summed E-state index contributed by atoms with van der Waals surface area (Å²) in [6.45, 7) is 4.03. The Bertz CT molecular complexity index is 798. The maximum atomic E-state index is 12.7. The van der Waals surface area contributed by atoms with Crippen LogP contribution in [0.3, 0.4) is 0 Å². The van der Waals surface area contributed by atoms with Gasteiger partial charge in [0.1, 0.15) is 0 Å². The monoisotopic (exact) mass is 329 g/mol. The fraction of sp³-hybridized carbons (Fsp3) is 0.500. The third kappa shape index (κ3) is 3.33. The van der Waals surface area contributed by atoms with E-state index >= 15 is 0 Å². The number of ether oxygens (including phenoxy) is 1. The van der Waals surface area contributed by atoms with Crippen LogP contribution in [-0.2, 0) is 23.0 Å². The van der Waals surface area contributed by atoms with Crippen LogP contribution in [0.15, 0.2) is 29.1 Å². The van der Waals surface area contributed by atoms with Crippen LogP contribution in [0.5, 0.6) is 0 Å². The maximum Gasteiger partial charge on any atom is 0.274 e. The molecule has 0 N–H and O–H groups in total. The molecule has 0 saturated carbocycles. The van der Waals surface area contributed by atoms with Crippen LogP contribution in [0.25, 0.3) is 10.8 Å². The second-order valence-corrected chi connectivity index (χ2v) is 6.16. The molecule has 1 saturated heterocycles. The van der Waals surface area contributed by atoms with E-state index in [1.54, 1.807) is 13.1 Å². The quantitative estimate of drug-likeness (QED) is 0.853. The molecular weight excluding hydrogens is 306 g/mol. The number of aryl methyl sites for hydroxylation is 1. The normalized spacial score (nSPS) is 18.1. The summed E-state index contributed by atoms with van der Waals surface area (Å²) < 4.78 is 6.97. The Morgan fingerprint density at radius 1 is 1.33 bits per heavy atom. The van der Waals surface area contributed by atoms with Gasteiger partial charge in [-0.15, -0.1) is 0 Å². The van der Waals surface area contributed by atoms with E-state index < -0.39 is 0 Å². The zero-order valence-electron chi connectivity index (χ0n) is 14.2. The Morgan fingerprint density at radius 3 is 2.83 bits per heavy atom. The van der Waals surface area contributed by atoms with E-state index in [1.807, 2.05) is 30.0 Å². The van der Waals surface area contributed by atoms with Gasteiger partial charge in [-0.05, 0) is 25.8 Å². The number of likely N-dealkylation sites (tertiary alicyclic amines) is 1. The first-order valence-corrected chi connectivity index (χ1v) is 8.44. The average molecular weight is 329 g/mol. The van der Waals surface area contributed by atoms with Crippen molar-refractivity contribution in [3.05, 3.63) is 40.3 Å². The molecule has 1 unspecified atom stereocenters. The molecule has 1 amide bonds. The molecular formula is C18H23N3O3. The number of aromatic nitrogens is 2. The second-order valence-electron chi connectivity index (χ2n) is 6.16. The van der Waals surface area contributed by atoms with Crippen molar-refractivity contribution < 1.29 is 9.53 Å². The van der Waals surface area contributed by atoms with Crippen molar-refractivity contribution in [2.45, 2.75) is 32.3 Å². The Balaban J connectivity index is 1.83. The average Bonchev–Trinajstić information content (AvgIpc) is 2.60. The van der Waals surface area contributed by atoms with Gasteiger partial charge in [-0.2, -0.15) is 5.10 Å². The molecule has 0 aliphatic carbocycles. The summed E-state index contributed by atoms with van der Waals surface area (Å²) in [6, 6.07) is 7.32. The van der Waals surface area contributed by atoms with Crippen LogP contribution >= 0.6 is 0 Å². The minimum atomic E-state index is -0.142. The molecule has 1 fully saturated rings. The smallest absolute Gasteiger partial charge is 0.274 e. The molecule has 24 heavy (non-hydrogen) atoms. The van der Waals surface area contributed by atoms with Crippen molar-refractivity contribution in [2.75, 3.05) is 19.7 Å². The summed E-state index contributed by atoms with van der Waals surface area (Å²) in [5, 5.41) is 5.67. The van der Waals surface area contributed by atoms with Gasteiger partial charge in [-0.1, -0.05) is 18.2 Å². The van der Waals surface area contributed by atoms with Crippen LogP contribution in [0, 0.1) is 0 Å². The van der Waals surface area contributed by atoms with Crippen molar-refractivity contribution in [3.63, 3.8) is 0 Å². The van der Waals surface area contributed by atoms with Gasteiger partial charge in [0, 0.05) is 32.1 Å². The van der Waals surface area contributed by atoms with Crippen molar-refractivity contribution in [1.29, 1.82) is 0 Å². The molecule has 1 aromatic heterocycles. The molecule has 1 aliphatic heterocycles. The van der Waals surface area contributed by atoms with E-state index in [1.165, 1.54) is 4.68 Å². The molecule has 1 aliphatic rings. The minimum Gasteiger partial charge on any atom is -0.377 e. The standard InChI is InChI=1S/C18H23N3O3/c1-3-24-13-7-6-10-21(12-13)17(22)11-16-14-8-4-5-9-15(14)18(23)20(2)19-16/h4-5,8-9,13H,3,6-7,10-12H2,1-2H3. The van der Waals surface area contributed by atoms with Crippen LogP contribution < -0.4 is 5.56 Å². The topological polar surface area (TPSA) is 64.4 Å². The van der Waals surface area contributed by atoms with E-state index in [-0.39, 0.29) is 24.0 Å². The molecule has 0 bridgehead atoms. The number of rotatable bonds is 4. The number of amides is 1. The Morgan fingerprint density at radius 2 is 2.08 bits per heavy atom. The molecule has 0 spiro atoms. The van der Waals surface area contributed by atoms with Gasteiger partial charge < -0.3 is 9.64 Å². The number of fused-ring (bicyclic) bond motifs is 1. The molecule has 6 heteroatoms. The summed E-state index contributed by atoms with van der Waals surface area (Å²) in [4.78, 5) is 26.7. The number of carbonyl (C=O) groups excluding carboxylic acids is 1. The minimum absolute atomic E-state index is 0.0377.